The summed E-state index contributed by atoms with van der Waals surface area (Å²) in [5.74, 6) is 1.42. The lowest BCUT2D eigenvalue weighted by Gasteiger charge is -2.44. The van der Waals surface area contributed by atoms with Crippen LogP contribution in [0, 0.1) is 0 Å². The zero-order valence-electron chi connectivity index (χ0n) is 7.46. The number of hydrogen-bond donors (Lipinski definition) is 0. The lowest BCUT2D eigenvalue weighted by atomic mass is 10.1. The summed E-state index contributed by atoms with van der Waals surface area (Å²) in [6, 6.07) is 0. The molecule has 0 unspecified atom stereocenters. The first kappa shape index (κ1) is 8.17. The molecule has 3 heteroatoms. The Morgan fingerprint density at radius 1 is 1.67 bits per heavy atom. The van der Waals surface area contributed by atoms with Crippen molar-refractivity contribution in [3.8, 4) is 0 Å². The van der Waals surface area contributed by atoms with Crippen molar-refractivity contribution in [1.29, 1.82) is 0 Å². The molecule has 0 aliphatic carbocycles. The second kappa shape index (κ2) is 2.80. The quantitative estimate of drug-likeness (QED) is 0.579. The number of allylic oxidation sites excluding steroid dienone is 1. The van der Waals surface area contributed by atoms with Gasteiger partial charge in [0.15, 0.2) is 0 Å². The summed E-state index contributed by atoms with van der Waals surface area (Å²) in [6.45, 7) is 4.23. The molecule has 1 saturated heterocycles. The molecular formula is C9H13NOS. The van der Waals surface area contributed by atoms with Crippen LogP contribution in [0.1, 0.15) is 26.7 Å². The molecule has 2 nitrogen and oxygen atoms in total. The average molecular weight is 183 g/mol. The number of fused-ring (bicyclic) bond motifs is 1. The highest BCUT2D eigenvalue weighted by Gasteiger charge is 2.40. The summed E-state index contributed by atoms with van der Waals surface area (Å²) < 4.78 is 0. The van der Waals surface area contributed by atoms with E-state index in [0.29, 0.717) is 11.3 Å². The number of amides is 1. The van der Waals surface area contributed by atoms with E-state index in [1.807, 2.05) is 16.7 Å². The van der Waals surface area contributed by atoms with Gasteiger partial charge in [-0.05, 0) is 18.9 Å². The van der Waals surface area contributed by atoms with E-state index < -0.39 is 0 Å². The van der Waals surface area contributed by atoms with E-state index in [0.717, 1.165) is 18.6 Å². The molecule has 66 valence electrons. The van der Waals surface area contributed by atoms with Gasteiger partial charge in [0.2, 0.25) is 5.91 Å². The van der Waals surface area contributed by atoms with E-state index in [1.54, 1.807) is 0 Å². The van der Waals surface area contributed by atoms with Gasteiger partial charge < -0.3 is 4.90 Å². The Morgan fingerprint density at radius 3 is 3.00 bits per heavy atom. The third-order valence-corrected chi connectivity index (χ3v) is 3.93. The van der Waals surface area contributed by atoms with Crippen LogP contribution in [-0.4, -0.2) is 21.9 Å². The van der Waals surface area contributed by atoms with Gasteiger partial charge in [-0.3, -0.25) is 4.79 Å². The number of carbonyl (C=O) groups excluding carboxylic acids is 1. The Hall–Kier alpha value is -0.440. The Kier molecular flexibility index (Phi) is 1.91. The first-order valence-corrected chi connectivity index (χ1v) is 5.41. The summed E-state index contributed by atoms with van der Waals surface area (Å²) in [4.78, 5) is 13.2. The fraction of sp³-hybridized carbons (Fsp3) is 0.667. The van der Waals surface area contributed by atoms with E-state index in [1.165, 1.54) is 11.3 Å². The molecule has 0 aromatic heterocycles. The van der Waals surface area contributed by atoms with Crippen molar-refractivity contribution in [1.82, 2.24) is 4.90 Å². The van der Waals surface area contributed by atoms with Crippen molar-refractivity contribution < 1.29 is 4.79 Å². The third kappa shape index (κ3) is 0.993. The molecule has 1 atom stereocenters. The van der Waals surface area contributed by atoms with Gasteiger partial charge in [-0.15, -0.1) is 11.8 Å². The maximum Gasteiger partial charge on any atom is 0.230 e. The van der Waals surface area contributed by atoms with E-state index >= 15 is 0 Å². The van der Waals surface area contributed by atoms with Crippen LogP contribution in [0.15, 0.2) is 11.3 Å². The van der Waals surface area contributed by atoms with E-state index in [9.17, 15) is 4.79 Å². The Labute approximate surface area is 77.0 Å². The smallest absolute Gasteiger partial charge is 0.230 e. The molecule has 0 bridgehead atoms. The molecule has 12 heavy (non-hydrogen) atoms. The van der Waals surface area contributed by atoms with Gasteiger partial charge in [0.25, 0.3) is 0 Å². The van der Waals surface area contributed by atoms with Gasteiger partial charge >= 0.3 is 0 Å². The molecule has 2 aliphatic heterocycles. The van der Waals surface area contributed by atoms with E-state index in [-0.39, 0.29) is 0 Å². The van der Waals surface area contributed by atoms with Crippen LogP contribution in [0.2, 0.25) is 0 Å². The summed E-state index contributed by atoms with van der Waals surface area (Å²) in [6.07, 6.45) is 1.83. The minimum absolute atomic E-state index is 0.302. The SMILES string of the molecule is CCC1=C(C)N2C(=O)C[C@H]2SC1. The molecule has 0 aromatic carbocycles. The maximum atomic E-state index is 11.2. The van der Waals surface area contributed by atoms with Crippen molar-refractivity contribution in [2.75, 3.05) is 5.75 Å². The topological polar surface area (TPSA) is 20.3 Å². The fourth-order valence-corrected chi connectivity index (χ4v) is 3.24. The lowest BCUT2D eigenvalue weighted by Crippen LogP contribution is -2.51. The van der Waals surface area contributed by atoms with Crippen LogP contribution in [0.25, 0.3) is 0 Å². The van der Waals surface area contributed by atoms with E-state index in [4.69, 9.17) is 0 Å². The van der Waals surface area contributed by atoms with Crippen LogP contribution in [0.4, 0.5) is 0 Å². The summed E-state index contributed by atoms with van der Waals surface area (Å²) >= 11 is 1.90. The van der Waals surface area contributed by atoms with Gasteiger partial charge in [0.1, 0.15) is 0 Å². The predicted octanol–water partition coefficient (Wildman–Crippen LogP) is 1.98. The zero-order valence-corrected chi connectivity index (χ0v) is 8.28. The van der Waals surface area contributed by atoms with Crippen molar-refractivity contribution in [3.63, 3.8) is 0 Å². The first-order chi connectivity index (χ1) is 5.74. The van der Waals surface area contributed by atoms with Crippen molar-refractivity contribution in [2.45, 2.75) is 32.1 Å². The molecule has 2 rings (SSSR count). The number of carbonyl (C=O) groups is 1. The fourth-order valence-electron chi connectivity index (χ4n) is 1.75. The molecule has 0 radical (unpaired) electrons. The summed E-state index contributed by atoms with van der Waals surface area (Å²) in [5.41, 5.74) is 2.65. The summed E-state index contributed by atoms with van der Waals surface area (Å²) in [5, 5.41) is 0.466. The number of β-lactam (4-membered cyclic amide) rings is 1. The highest BCUT2D eigenvalue weighted by Crippen LogP contribution is 2.40. The molecule has 0 saturated carbocycles. The monoisotopic (exact) mass is 183 g/mol. The average Bonchev–Trinajstić information content (AvgIpc) is 2.02. The molecule has 0 N–H and O–H groups in total. The molecule has 2 aliphatic rings. The number of nitrogens with zero attached hydrogens (tertiary/aromatic N) is 1. The van der Waals surface area contributed by atoms with Crippen LogP contribution in [0.5, 0.6) is 0 Å². The van der Waals surface area contributed by atoms with E-state index in [2.05, 4.69) is 13.8 Å². The van der Waals surface area contributed by atoms with Crippen LogP contribution in [0.3, 0.4) is 0 Å². The lowest BCUT2D eigenvalue weighted by molar-refractivity contribution is -0.138. The molecule has 1 fully saturated rings. The summed E-state index contributed by atoms with van der Waals surface area (Å²) in [7, 11) is 0. The molecule has 0 spiro atoms. The highest BCUT2D eigenvalue weighted by atomic mass is 32.2. The van der Waals surface area contributed by atoms with Gasteiger partial charge in [0, 0.05) is 11.4 Å². The number of thioether (sulfide) groups is 1. The number of rotatable bonds is 1. The van der Waals surface area contributed by atoms with Crippen LogP contribution < -0.4 is 0 Å². The van der Waals surface area contributed by atoms with Gasteiger partial charge in [-0.2, -0.15) is 0 Å². The van der Waals surface area contributed by atoms with Crippen molar-refractivity contribution in [3.05, 3.63) is 11.3 Å². The second-order valence-electron chi connectivity index (χ2n) is 3.28. The number of hydrogen-bond acceptors (Lipinski definition) is 2. The zero-order chi connectivity index (χ0) is 8.72. The molecule has 2 heterocycles. The van der Waals surface area contributed by atoms with Gasteiger partial charge in [-0.1, -0.05) is 6.92 Å². The molecule has 0 aromatic rings. The maximum absolute atomic E-state index is 11.2. The predicted molar refractivity (Wildman–Crippen MR) is 50.7 cm³/mol. The van der Waals surface area contributed by atoms with Crippen LogP contribution >= 0.6 is 11.8 Å². The molecule has 1 amide bonds. The standard InChI is InChI=1S/C9H13NOS/c1-3-7-5-12-9-4-8(11)10(9)6(7)2/h9H,3-5H2,1-2H3/t9-/m1/s1. The highest BCUT2D eigenvalue weighted by molar-refractivity contribution is 8.00. The second-order valence-corrected chi connectivity index (χ2v) is 4.44. The third-order valence-electron chi connectivity index (χ3n) is 2.66. The van der Waals surface area contributed by atoms with Gasteiger partial charge in [-0.25, -0.2) is 0 Å². The Balaban J connectivity index is 2.25. The van der Waals surface area contributed by atoms with Crippen molar-refractivity contribution in [2.24, 2.45) is 0 Å². The van der Waals surface area contributed by atoms with Crippen LogP contribution in [-0.2, 0) is 4.79 Å². The Bertz CT molecular complexity index is 259. The minimum Gasteiger partial charge on any atom is -0.303 e. The molecular weight excluding hydrogens is 170 g/mol. The largest absolute Gasteiger partial charge is 0.303 e. The minimum atomic E-state index is 0.302. The van der Waals surface area contributed by atoms with Gasteiger partial charge in [0.05, 0.1) is 11.8 Å². The first-order valence-electron chi connectivity index (χ1n) is 4.36. The normalized spacial score (nSPS) is 28.7. The van der Waals surface area contributed by atoms with Crippen molar-refractivity contribution >= 4 is 17.7 Å². The Morgan fingerprint density at radius 2 is 2.42 bits per heavy atom.